The fourth-order valence-corrected chi connectivity index (χ4v) is 2.44. The molecule has 1 aromatic heterocycles. The van der Waals surface area contributed by atoms with E-state index in [1.807, 2.05) is 13.0 Å². The second kappa shape index (κ2) is 5.75. The van der Waals surface area contributed by atoms with Crippen molar-refractivity contribution in [2.45, 2.75) is 6.92 Å². The van der Waals surface area contributed by atoms with Crippen LogP contribution in [-0.2, 0) is 0 Å². The molecule has 2 aromatic rings. The Morgan fingerprint density at radius 3 is 2.55 bits per heavy atom. The van der Waals surface area contributed by atoms with Crippen LogP contribution in [0.25, 0.3) is 0 Å². The predicted octanol–water partition coefficient (Wildman–Crippen LogP) is 3.02. The number of carbonyl (C=O) groups is 2. The molecule has 5 nitrogen and oxygen atoms in total. The van der Waals surface area contributed by atoms with Crippen LogP contribution in [0.3, 0.4) is 0 Å². The molecule has 0 aliphatic rings. The van der Waals surface area contributed by atoms with Gasteiger partial charge in [0.25, 0.3) is 5.91 Å². The van der Waals surface area contributed by atoms with Gasteiger partial charge in [-0.25, -0.2) is 4.79 Å². The molecule has 1 aromatic carbocycles. The van der Waals surface area contributed by atoms with Crippen LogP contribution in [-0.4, -0.2) is 24.1 Å². The van der Waals surface area contributed by atoms with Gasteiger partial charge in [0.1, 0.15) is 5.75 Å². The van der Waals surface area contributed by atoms with Gasteiger partial charge in [0.15, 0.2) is 0 Å². The Morgan fingerprint density at radius 1 is 1.25 bits per heavy atom. The molecular formula is C14H13NO4S. The Morgan fingerprint density at radius 2 is 2.00 bits per heavy atom. The molecule has 0 bridgehead atoms. The van der Waals surface area contributed by atoms with E-state index in [-0.39, 0.29) is 17.2 Å². The van der Waals surface area contributed by atoms with Crippen molar-refractivity contribution < 1.29 is 19.4 Å². The van der Waals surface area contributed by atoms with Gasteiger partial charge in [0.2, 0.25) is 0 Å². The van der Waals surface area contributed by atoms with Crippen molar-refractivity contribution in [3.63, 3.8) is 0 Å². The lowest BCUT2D eigenvalue weighted by Gasteiger charge is -2.09. The van der Waals surface area contributed by atoms with Crippen LogP contribution in [0.2, 0.25) is 0 Å². The van der Waals surface area contributed by atoms with Crippen molar-refractivity contribution >= 4 is 28.9 Å². The van der Waals surface area contributed by atoms with Gasteiger partial charge in [-0.1, -0.05) is 0 Å². The van der Waals surface area contributed by atoms with Crippen molar-refractivity contribution in [2.75, 3.05) is 12.4 Å². The van der Waals surface area contributed by atoms with E-state index in [1.54, 1.807) is 12.1 Å². The molecule has 20 heavy (non-hydrogen) atoms. The molecule has 0 aliphatic heterocycles. The standard InChI is InChI=1S/C14H13NO4S/c1-8-3-6-12(20-8)13(16)15-11-5-4-9(19-2)7-10(11)14(17)18/h3-7H,1-2H3,(H,15,16)(H,17,18). The summed E-state index contributed by atoms with van der Waals surface area (Å²) in [7, 11) is 1.45. The number of methoxy groups -OCH3 is 1. The number of hydrogen-bond donors (Lipinski definition) is 2. The average molecular weight is 291 g/mol. The number of rotatable bonds is 4. The molecule has 0 unspecified atom stereocenters. The molecule has 2 rings (SSSR count). The third kappa shape index (κ3) is 2.97. The summed E-state index contributed by atoms with van der Waals surface area (Å²) in [6.45, 7) is 1.90. The van der Waals surface area contributed by atoms with Crippen LogP contribution in [0.5, 0.6) is 5.75 Å². The van der Waals surface area contributed by atoms with Crippen LogP contribution in [0.15, 0.2) is 30.3 Å². The highest BCUT2D eigenvalue weighted by atomic mass is 32.1. The van der Waals surface area contributed by atoms with E-state index in [0.717, 1.165) is 4.88 Å². The molecule has 0 fully saturated rings. The maximum absolute atomic E-state index is 12.0. The number of aromatic carboxylic acids is 1. The molecule has 2 N–H and O–H groups in total. The molecule has 0 saturated carbocycles. The van der Waals surface area contributed by atoms with E-state index >= 15 is 0 Å². The van der Waals surface area contributed by atoms with Gasteiger partial charge < -0.3 is 15.2 Å². The first-order chi connectivity index (χ1) is 9.51. The second-order valence-electron chi connectivity index (χ2n) is 4.08. The number of aryl methyl sites for hydroxylation is 1. The van der Waals surface area contributed by atoms with Gasteiger partial charge in [-0.15, -0.1) is 11.3 Å². The van der Waals surface area contributed by atoms with Crippen molar-refractivity contribution in [1.82, 2.24) is 0 Å². The number of ether oxygens (including phenoxy) is 1. The van der Waals surface area contributed by atoms with Crippen molar-refractivity contribution in [3.8, 4) is 5.75 Å². The summed E-state index contributed by atoms with van der Waals surface area (Å²) in [5.41, 5.74) is 0.236. The number of hydrogen-bond acceptors (Lipinski definition) is 4. The summed E-state index contributed by atoms with van der Waals surface area (Å²) in [5, 5.41) is 11.8. The van der Waals surface area contributed by atoms with E-state index in [0.29, 0.717) is 10.6 Å². The Balaban J connectivity index is 2.29. The Kier molecular flexibility index (Phi) is 4.05. The van der Waals surface area contributed by atoms with E-state index in [1.165, 1.54) is 30.6 Å². The normalized spacial score (nSPS) is 10.1. The number of thiophene rings is 1. The number of anilines is 1. The molecule has 0 aliphatic carbocycles. The minimum absolute atomic E-state index is 0.00835. The summed E-state index contributed by atoms with van der Waals surface area (Å²) in [6, 6.07) is 8.03. The largest absolute Gasteiger partial charge is 0.497 e. The molecular weight excluding hydrogens is 278 g/mol. The van der Waals surface area contributed by atoms with Crippen LogP contribution in [0.1, 0.15) is 24.9 Å². The van der Waals surface area contributed by atoms with Crippen LogP contribution >= 0.6 is 11.3 Å². The van der Waals surface area contributed by atoms with Gasteiger partial charge in [-0.3, -0.25) is 4.79 Å². The van der Waals surface area contributed by atoms with E-state index in [4.69, 9.17) is 9.84 Å². The number of carboxylic acids is 1. The topological polar surface area (TPSA) is 75.6 Å². The lowest BCUT2D eigenvalue weighted by atomic mass is 10.1. The minimum atomic E-state index is -1.12. The molecule has 1 heterocycles. The van der Waals surface area contributed by atoms with Crippen LogP contribution < -0.4 is 10.1 Å². The molecule has 0 radical (unpaired) electrons. The number of nitrogens with one attached hydrogen (secondary N) is 1. The highest BCUT2D eigenvalue weighted by molar-refractivity contribution is 7.14. The second-order valence-corrected chi connectivity index (χ2v) is 5.37. The summed E-state index contributed by atoms with van der Waals surface area (Å²) in [6.07, 6.45) is 0. The van der Waals surface area contributed by atoms with Crippen LogP contribution in [0.4, 0.5) is 5.69 Å². The van der Waals surface area contributed by atoms with Crippen molar-refractivity contribution in [1.29, 1.82) is 0 Å². The Bertz CT molecular complexity index is 663. The first kappa shape index (κ1) is 14.1. The van der Waals surface area contributed by atoms with Gasteiger partial charge in [-0.05, 0) is 37.3 Å². The highest BCUT2D eigenvalue weighted by Gasteiger charge is 2.15. The zero-order valence-electron chi connectivity index (χ0n) is 11.0. The van der Waals surface area contributed by atoms with Crippen molar-refractivity contribution in [2.24, 2.45) is 0 Å². The fourth-order valence-electron chi connectivity index (χ4n) is 1.68. The molecule has 0 spiro atoms. The smallest absolute Gasteiger partial charge is 0.337 e. The third-order valence-corrected chi connectivity index (χ3v) is 3.67. The molecule has 1 amide bonds. The number of carboxylic acid groups (broad SMARTS) is 1. The zero-order valence-corrected chi connectivity index (χ0v) is 11.8. The Labute approximate surface area is 119 Å². The van der Waals surface area contributed by atoms with Gasteiger partial charge in [0, 0.05) is 4.88 Å². The first-order valence-corrected chi connectivity index (χ1v) is 6.62. The summed E-state index contributed by atoms with van der Waals surface area (Å²) in [5.74, 6) is -1.02. The highest BCUT2D eigenvalue weighted by Crippen LogP contribution is 2.24. The van der Waals surface area contributed by atoms with Gasteiger partial charge in [0.05, 0.1) is 23.2 Å². The SMILES string of the molecule is COc1ccc(NC(=O)c2ccc(C)s2)c(C(=O)O)c1. The summed E-state index contributed by atoms with van der Waals surface area (Å²) in [4.78, 5) is 24.8. The van der Waals surface area contributed by atoms with E-state index in [9.17, 15) is 9.59 Å². The van der Waals surface area contributed by atoms with Gasteiger partial charge >= 0.3 is 5.97 Å². The summed E-state index contributed by atoms with van der Waals surface area (Å²) >= 11 is 1.35. The number of benzene rings is 1. The number of amides is 1. The van der Waals surface area contributed by atoms with Crippen LogP contribution in [0, 0.1) is 6.92 Å². The predicted molar refractivity (Wildman–Crippen MR) is 77.0 cm³/mol. The quantitative estimate of drug-likeness (QED) is 0.908. The maximum atomic E-state index is 12.0. The third-order valence-electron chi connectivity index (χ3n) is 2.67. The molecule has 0 saturated heterocycles. The lowest BCUT2D eigenvalue weighted by molar-refractivity contribution is 0.0697. The minimum Gasteiger partial charge on any atom is -0.497 e. The lowest BCUT2D eigenvalue weighted by Crippen LogP contribution is -2.13. The zero-order chi connectivity index (χ0) is 14.7. The van der Waals surface area contributed by atoms with E-state index in [2.05, 4.69) is 5.32 Å². The first-order valence-electron chi connectivity index (χ1n) is 5.80. The fraction of sp³-hybridized carbons (Fsp3) is 0.143. The Hall–Kier alpha value is -2.34. The summed E-state index contributed by atoms with van der Waals surface area (Å²) < 4.78 is 4.98. The van der Waals surface area contributed by atoms with E-state index < -0.39 is 5.97 Å². The van der Waals surface area contributed by atoms with Gasteiger partial charge in [-0.2, -0.15) is 0 Å². The molecule has 104 valence electrons. The number of carbonyl (C=O) groups excluding carboxylic acids is 1. The monoisotopic (exact) mass is 291 g/mol. The maximum Gasteiger partial charge on any atom is 0.337 e. The molecule has 0 atom stereocenters. The van der Waals surface area contributed by atoms with Crippen molar-refractivity contribution in [3.05, 3.63) is 45.6 Å². The molecule has 6 heteroatoms. The average Bonchev–Trinajstić information content (AvgIpc) is 2.85.